The molecule has 2 N–H and O–H groups in total. The number of nitrogens with one attached hydrogen (secondary N) is 2. The molecule has 0 spiro atoms. The number of anilines is 1. The third-order valence-electron chi connectivity index (χ3n) is 2.69. The molecule has 7 heteroatoms. The molecule has 0 saturated heterocycles. The van der Waals surface area contributed by atoms with E-state index in [1.807, 2.05) is 37.4 Å². The standard InChI is InChI=1S/C13H12N4O2S.C2H6/c1-2-19-13(18)17-10-6-8(9-4-3-5-20-9)11-12(16-10)15-7-14-11;1-2/h3-7H,2H2,1H3,(H2,14,15,16,17,18);1-2H3. The molecule has 3 aromatic heterocycles. The summed E-state index contributed by atoms with van der Waals surface area (Å²) >= 11 is 1.61. The number of pyridine rings is 1. The number of carbonyl (C=O) groups is 1. The fourth-order valence-electron chi connectivity index (χ4n) is 1.89. The van der Waals surface area contributed by atoms with Crippen LogP contribution in [0.25, 0.3) is 21.6 Å². The van der Waals surface area contributed by atoms with Crippen LogP contribution in [0, 0.1) is 0 Å². The second-order valence-electron chi connectivity index (χ2n) is 3.98. The Balaban J connectivity index is 0.000000847. The molecule has 0 saturated carbocycles. The first-order chi connectivity index (χ1) is 10.8. The second kappa shape index (κ2) is 7.56. The van der Waals surface area contributed by atoms with E-state index in [1.54, 1.807) is 24.6 Å². The molecule has 0 unspecified atom stereocenters. The molecule has 0 aliphatic heterocycles. The minimum absolute atomic E-state index is 0.314. The number of nitrogens with zero attached hydrogens (tertiary/aromatic N) is 2. The first-order valence-corrected chi connectivity index (χ1v) is 7.97. The summed E-state index contributed by atoms with van der Waals surface area (Å²) in [5.74, 6) is 0.423. The molecule has 0 atom stereocenters. The number of rotatable bonds is 3. The van der Waals surface area contributed by atoms with E-state index in [-0.39, 0.29) is 0 Å². The number of ether oxygens (including phenoxy) is 1. The molecule has 0 radical (unpaired) electrons. The third-order valence-corrected chi connectivity index (χ3v) is 3.59. The Hall–Kier alpha value is -2.41. The molecule has 3 aromatic rings. The predicted molar refractivity (Wildman–Crippen MR) is 89.2 cm³/mol. The van der Waals surface area contributed by atoms with Crippen LogP contribution in [-0.2, 0) is 4.74 Å². The SMILES string of the molecule is CC.CCOC(=O)Nc1cc(-c2cccs2)c2[nH]cnc2n1. The van der Waals surface area contributed by atoms with Crippen molar-refractivity contribution in [1.29, 1.82) is 0 Å². The van der Waals surface area contributed by atoms with Crippen molar-refractivity contribution >= 4 is 34.4 Å². The third kappa shape index (κ3) is 3.43. The van der Waals surface area contributed by atoms with Gasteiger partial charge in [-0.25, -0.2) is 14.8 Å². The lowest BCUT2D eigenvalue weighted by Crippen LogP contribution is -2.14. The highest BCUT2D eigenvalue weighted by Gasteiger charge is 2.12. The highest BCUT2D eigenvalue weighted by Crippen LogP contribution is 2.31. The molecule has 0 fully saturated rings. The van der Waals surface area contributed by atoms with Gasteiger partial charge in [0.05, 0.1) is 18.5 Å². The van der Waals surface area contributed by atoms with Crippen molar-refractivity contribution in [3.05, 3.63) is 29.9 Å². The molecule has 3 rings (SSSR count). The maximum absolute atomic E-state index is 11.5. The largest absolute Gasteiger partial charge is 0.450 e. The summed E-state index contributed by atoms with van der Waals surface area (Å²) in [6.07, 6.45) is 1.06. The molecular weight excluding hydrogens is 300 g/mol. The van der Waals surface area contributed by atoms with Crippen molar-refractivity contribution in [3.63, 3.8) is 0 Å². The minimum atomic E-state index is -0.521. The molecule has 22 heavy (non-hydrogen) atoms. The first kappa shape index (κ1) is 16.0. The predicted octanol–water partition coefficient (Wildman–Crippen LogP) is 4.28. The van der Waals surface area contributed by atoms with E-state index in [1.165, 1.54) is 0 Å². The van der Waals surface area contributed by atoms with Gasteiger partial charge in [0.1, 0.15) is 5.82 Å². The van der Waals surface area contributed by atoms with Gasteiger partial charge in [-0.05, 0) is 24.4 Å². The van der Waals surface area contributed by atoms with Gasteiger partial charge in [0.25, 0.3) is 0 Å². The van der Waals surface area contributed by atoms with Crippen molar-refractivity contribution in [2.24, 2.45) is 0 Å². The van der Waals surface area contributed by atoms with Gasteiger partial charge in [-0.15, -0.1) is 11.3 Å². The van der Waals surface area contributed by atoms with E-state index in [0.717, 1.165) is 16.0 Å². The van der Waals surface area contributed by atoms with Gasteiger partial charge >= 0.3 is 6.09 Å². The number of aromatic amines is 1. The Morgan fingerprint density at radius 3 is 2.95 bits per heavy atom. The molecular formula is C15H18N4O2S. The van der Waals surface area contributed by atoms with Crippen molar-refractivity contribution in [1.82, 2.24) is 15.0 Å². The van der Waals surface area contributed by atoms with Crippen LogP contribution in [0.2, 0.25) is 0 Å². The van der Waals surface area contributed by atoms with Crippen molar-refractivity contribution < 1.29 is 9.53 Å². The molecule has 116 valence electrons. The fraction of sp³-hybridized carbons (Fsp3) is 0.267. The van der Waals surface area contributed by atoms with Gasteiger partial charge in [-0.1, -0.05) is 19.9 Å². The summed E-state index contributed by atoms with van der Waals surface area (Å²) in [5, 5.41) is 4.60. The summed E-state index contributed by atoms with van der Waals surface area (Å²) in [6.45, 7) is 6.06. The monoisotopic (exact) mass is 318 g/mol. The topological polar surface area (TPSA) is 79.9 Å². The molecule has 1 amide bonds. The first-order valence-electron chi connectivity index (χ1n) is 7.09. The molecule has 6 nitrogen and oxygen atoms in total. The van der Waals surface area contributed by atoms with E-state index in [0.29, 0.717) is 18.1 Å². The molecule has 0 aliphatic rings. The van der Waals surface area contributed by atoms with E-state index in [4.69, 9.17) is 4.74 Å². The number of hydrogen-bond donors (Lipinski definition) is 2. The van der Waals surface area contributed by atoms with Crippen LogP contribution in [0.3, 0.4) is 0 Å². The van der Waals surface area contributed by atoms with Gasteiger partial charge in [-0.2, -0.15) is 0 Å². The quantitative estimate of drug-likeness (QED) is 0.755. The summed E-state index contributed by atoms with van der Waals surface area (Å²) in [6, 6.07) is 5.79. The number of carbonyl (C=O) groups excluding carboxylic acids is 1. The molecule has 0 aromatic carbocycles. The van der Waals surface area contributed by atoms with Crippen molar-refractivity contribution in [2.75, 3.05) is 11.9 Å². The van der Waals surface area contributed by atoms with Gasteiger partial charge in [0, 0.05) is 10.4 Å². The highest BCUT2D eigenvalue weighted by atomic mass is 32.1. The van der Waals surface area contributed by atoms with Crippen LogP contribution in [0.15, 0.2) is 29.9 Å². The van der Waals surface area contributed by atoms with E-state index >= 15 is 0 Å². The number of hydrogen-bond acceptors (Lipinski definition) is 5. The van der Waals surface area contributed by atoms with Crippen LogP contribution in [0.5, 0.6) is 0 Å². The minimum Gasteiger partial charge on any atom is -0.450 e. The summed E-state index contributed by atoms with van der Waals surface area (Å²) in [7, 11) is 0. The zero-order valence-electron chi connectivity index (χ0n) is 12.7. The van der Waals surface area contributed by atoms with Gasteiger partial charge in [-0.3, -0.25) is 5.32 Å². The van der Waals surface area contributed by atoms with E-state index in [2.05, 4.69) is 20.3 Å². The zero-order valence-corrected chi connectivity index (χ0v) is 13.5. The Morgan fingerprint density at radius 2 is 2.27 bits per heavy atom. The Morgan fingerprint density at radius 1 is 1.45 bits per heavy atom. The van der Waals surface area contributed by atoms with Crippen LogP contribution >= 0.6 is 11.3 Å². The van der Waals surface area contributed by atoms with E-state index < -0.39 is 6.09 Å². The summed E-state index contributed by atoms with van der Waals surface area (Å²) < 4.78 is 4.85. The van der Waals surface area contributed by atoms with Crippen molar-refractivity contribution in [2.45, 2.75) is 20.8 Å². The lowest BCUT2D eigenvalue weighted by atomic mass is 10.2. The van der Waals surface area contributed by atoms with Crippen LogP contribution in [-0.4, -0.2) is 27.7 Å². The maximum Gasteiger partial charge on any atom is 0.412 e. The number of thiophene rings is 1. The number of aromatic nitrogens is 3. The van der Waals surface area contributed by atoms with Crippen molar-refractivity contribution in [3.8, 4) is 10.4 Å². The van der Waals surface area contributed by atoms with Gasteiger partial charge in [0.2, 0.25) is 0 Å². The maximum atomic E-state index is 11.5. The van der Waals surface area contributed by atoms with E-state index in [9.17, 15) is 4.79 Å². The Labute approximate surface area is 132 Å². The summed E-state index contributed by atoms with van der Waals surface area (Å²) in [5.41, 5.74) is 2.36. The lowest BCUT2D eigenvalue weighted by molar-refractivity contribution is 0.168. The van der Waals surface area contributed by atoms with Gasteiger partial charge < -0.3 is 9.72 Å². The average Bonchev–Trinajstić information content (AvgIpc) is 3.20. The Kier molecular flexibility index (Phi) is 5.48. The number of fused-ring (bicyclic) bond motifs is 1. The van der Waals surface area contributed by atoms with Crippen LogP contribution < -0.4 is 5.32 Å². The molecule has 0 bridgehead atoms. The molecule has 0 aliphatic carbocycles. The number of amides is 1. The molecule has 3 heterocycles. The van der Waals surface area contributed by atoms with Crippen LogP contribution in [0.1, 0.15) is 20.8 Å². The Bertz CT molecular complexity index is 737. The fourth-order valence-corrected chi connectivity index (χ4v) is 2.64. The average molecular weight is 318 g/mol. The number of H-pyrrole nitrogens is 1. The van der Waals surface area contributed by atoms with Crippen LogP contribution in [0.4, 0.5) is 10.6 Å². The number of imidazole rings is 1. The zero-order chi connectivity index (χ0) is 15.9. The highest BCUT2D eigenvalue weighted by molar-refractivity contribution is 7.13. The van der Waals surface area contributed by atoms with Gasteiger partial charge in [0.15, 0.2) is 5.65 Å². The lowest BCUT2D eigenvalue weighted by Gasteiger charge is -2.06. The summed E-state index contributed by atoms with van der Waals surface area (Å²) in [4.78, 5) is 24.1. The smallest absolute Gasteiger partial charge is 0.412 e. The normalized spacial score (nSPS) is 9.95. The second-order valence-corrected chi connectivity index (χ2v) is 4.93.